The van der Waals surface area contributed by atoms with Gasteiger partial charge in [-0.05, 0) is 25.0 Å². The van der Waals surface area contributed by atoms with Crippen molar-refractivity contribution in [2.45, 2.75) is 24.7 Å². The Balaban J connectivity index is 2.66. The fraction of sp³-hybridized carbons (Fsp3) is 0.538. The molecule has 1 rings (SSSR count). The largest absolute Gasteiger partial charge is 0.492 e. The van der Waals surface area contributed by atoms with Gasteiger partial charge in [0.05, 0.1) is 17.7 Å². The van der Waals surface area contributed by atoms with E-state index < -0.39 is 15.8 Å². The molecule has 120 valence electrons. The third kappa shape index (κ3) is 5.14. The van der Waals surface area contributed by atoms with E-state index in [4.69, 9.17) is 15.2 Å². The van der Waals surface area contributed by atoms with Crippen LogP contribution in [0.1, 0.15) is 19.8 Å². The topological polar surface area (TPSA) is 90.7 Å². The number of sulfonamides is 1. The predicted octanol–water partition coefficient (Wildman–Crippen LogP) is 1.51. The van der Waals surface area contributed by atoms with E-state index in [0.29, 0.717) is 19.6 Å². The molecule has 8 heteroatoms. The molecule has 0 aliphatic heterocycles. The van der Waals surface area contributed by atoms with E-state index in [2.05, 4.69) is 4.72 Å². The van der Waals surface area contributed by atoms with Crippen molar-refractivity contribution in [2.24, 2.45) is 0 Å². The quantitative estimate of drug-likeness (QED) is 0.532. The first-order chi connectivity index (χ1) is 9.92. The number of hydrogen-bond donors (Lipinski definition) is 2. The summed E-state index contributed by atoms with van der Waals surface area (Å²) < 4.78 is 50.0. The van der Waals surface area contributed by atoms with Gasteiger partial charge in [0.15, 0.2) is 11.6 Å². The molecule has 0 unspecified atom stereocenters. The molecule has 1 aromatic rings. The van der Waals surface area contributed by atoms with E-state index in [1.807, 2.05) is 6.92 Å². The summed E-state index contributed by atoms with van der Waals surface area (Å²) in [6, 6.07) is 2.04. The van der Waals surface area contributed by atoms with Gasteiger partial charge in [-0.25, -0.2) is 17.5 Å². The summed E-state index contributed by atoms with van der Waals surface area (Å²) in [7, 11) is -2.54. The lowest BCUT2D eigenvalue weighted by Gasteiger charge is -2.10. The number of nitrogen functional groups attached to an aromatic ring is 1. The normalized spacial score (nSPS) is 11.6. The molecule has 0 saturated carbocycles. The first-order valence-electron chi connectivity index (χ1n) is 6.62. The second-order valence-electron chi connectivity index (χ2n) is 4.39. The Morgan fingerprint density at radius 2 is 2.05 bits per heavy atom. The summed E-state index contributed by atoms with van der Waals surface area (Å²) in [4.78, 5) is -0.229. The Morgan fingerprint density at radius 1 is 1.33 bits per heavy atom. The number of methoxy groups -OCH3 is 1. The maximum Gasteiger partial charge on any atom is 0.240 e. The summed E-state index contributed by atoms with van der Waals surface area (Å²) in [6.45, 7) is 3.31. The maximum absolute atomic E-state index is 13.7. The van der Waals surface area contributed by atoms with E-state index in [1.54, 1.807) is 0 Å². The fourth-order valence-electron chi connectivity index (χ4n) is 1.67. The number of halogens is 1. The Morgan fingerprint density at radius 3 is 2.62 bits per heavy atom. The van der Waals surface area contributed by atoms with Crippen molar-refractivity contribution >= 4 is 15.7 Å². The SMILES string of the molecule is CCCOCCCNS(=O)(=O)c1cc(N)c(OC)c(F)c1. The van der Waals surface area contributed by atoms with Crippen LogP contribution in [0.15, 0.2) is 17.0 Å². The highest BCUT2D eigenvalue weighted by Gasteiger charge is 2.18. The molecule has 0 heterocycles. The van der Waals surface area contributed by atoms with Gasteiger partial charge in [0.1, 0.15) is 0 Å². The van der Waals surface area contributed by atoms with E-state index in [-0.39, 0.29) is 22.9 Å². The number of benzene rings is 1. The van der Waals surface area contributed by atoms with Gasteiger partial charge < -0.3 is 15.2 Å². The van der Waals surface area contributed by atoms with Crippen LogP contribution in [0.5, 0.6) is 5.75 Å². The zero-order chi connectivity index (χ0) is 15.9. The minimum atomic E-state index is -3.80. The van der Waals surface area contributed by atoms with Gasteiger partial charge in [-0.1, -0.05) is 6.92 Å². The zero-order valence-electron chi connectivity index (χ0n) is 12.2. The summed E-state index contributed by atoms with van der Waals surface area (Å²) >= 11 is 0. The van der Waals surface area contributed by atoms with Crippen molar-refractivity contribution in [3.8, 4) is 5.75 Å². The second-order valence-corrected chi connectivity index (χ2v) is 6.16. The minimum Gasteiger partial charge on any atom is -0.492 e. The molecule has 0 aliphatic carbocycles. The molecular formula is C13H21FN2O4S. The smallest absolute Gasteiger partial charge is 0.240 e. The summed E-state index contributed by atoms with van der Waals surface area (Å²) in [5, 5.41) is 0. The Hall–Kier alpha value is -1.38. The number of hydrogen-bond acceptors (Lipinski definition) is 5. The van der Waals surface area contributed by atoms with Gasteiger partial charge in [-0.2, -0.15) is 0 Å². The average Bonchev–Trinajstić information content (AvgIpc) is 2.42. The number of rotatable bonds is 9. The van der Waals surface area contributed by atoms with Gasteiger partial charge in [-0.3, -0.25) is 0 Å². The third-order valence-electron chi connectivity index (χ3n) is 2.67. The first-order valence-corrected chi connectivity index (χ1v) is 8.11. The lowest BCUT2D eigenvalue weighted by atomic mass is 10.3. The lowest BCUT2D eigenvalue weighted by molar-refractivity contribution is 0.133. The molecule has 0 radical (unpaired) electrons. The highest BCUT2D eigenvalue weighted by Crippen LogP contribution is 2.28. The lowest BCUT2D eigenvalue weighted by Crippen LogP contribution is -2.26. The van der Waals surface area contributed by atoms with Crippen LogP contribution in [0.2, 0.25) is 0 Å². The predicted molar refractivity (Wildman–Crippen MR) is 78.3 cm³/mol. The molecule has 0 fully saturated rings. The standard InChI is InChI=1S/C13H21FN2O4S/c1-3-6-20-7-4-5-16-21(17,18)10-8-11(14)13(19-2)12(15)9-10/h8-9,16H,3-7,15H2,1-2H3. The van der Waals surface area contributed by atoms with Gasteiger partial charge in [0, 0.05) is 19.8 Å². The van der Waals surface area contributed by atoms with E-state index in [0.717, 1.165) is 18.6 Å². The molecule has 1 aromatic carbocycles. The number of anilines is 1. The van der Waals surface area contributed by atoms with Crippen LogP contribution >= 0.6 is 0 Å². The van der Waals surface area contributed by atoms with E-state index in [1.165, 1.54) is 7.11 Å². The third-order valence-corrected chi connectivity index (χ3v) is 4.11. The minimum absolute atomic E-state index is 0.0656. The monoisotopic (exact) mass is 320 g/mol. The molecule has 0 amide bonds. The highest BCUT2D eigenvalue weighted by molar-refractivity contribution is 7.89. The molecule has 0 atom stereocenters. The Labute approximate surface area is 124 Å². The van der Waals surface area contributed by atoms with Gasteiger partial charge >= 0.3 is 0 Å². The van der Waals surface area contributed by atoms with E-state index >= 15 is 0 Å². The maximum atomic E-state index is 13.7. The molecule has 0 spiro atoms. The molecule has 0 aromatic heterocycles. The van der Waals surface area contributed by atoms with Gasteiger partial charge in [0.2, 0.25) is 10.0 Å². The summed E-state index contributed by atoms with van der Waals surface area (Å²) in [5.74, 6) is -0.980. The molecule has 6 nitrogen and oxygen atoms in total. The van der Waals surface area contributed by atoms with Crippen LogP contribution < -0.4 is 15.2 Å². The van der Waals surface area contributed by atoms with Crippen molar-refractivity contribution in [2.75, 3.05) is 32.6 Å². The molecular weight excluding hydrogens is 299 g/mol. The Bertz CT molecular complexity index is 540. The molecule has 0 saturated heterocycles. The highest BCUT2D eigenvalue weighted by atomic mass is 32.2. The van der Waals surface area contributed by atoms with Crippen molar-refractivity contribution in [1.29, 1.82) is 0 Å². The molecule has 0 aliphatic rings. The van der Waals surface area contributed by atoms with Crippen LogP contribution in [0, 0.1) is 5.82 Å². The van der Waals surface area contributed by atoms with Crippen molar-refractivity contribution in [1.82, 2.24) is 4.72 Å². The van der Waals surface area contributed by atoms with Crippen LogP contribution in [-0.2, 0) is 14.8 Å². The summed E-state index contributed by atoms with van der Waals surface area (Å²) in [5.41, 5.74) is 5.50. The summed E-state index contributed by atoms with van der Waals surface area (Å²) in [6.07, 6.45) is 1.45. The van der Waals surface area contributed by atoms with E-state index in [9.17, 15) is 12.8 Å². The van der Waals surface area contributed by atoms with Crippen molar-refractivity contribution in [3.05, 3.63) is 17.9 Å². The number of ether oxygens (including phenoxy) is 2. The van der Waals surface area contributed by atoms with Crippen molar-refractivity contribution < 1.29 is 22.3 Å². The fourth-order valence-corrected chi connectivity index (χ4v) is 2.79. The average molecular weight is 320 g/mol. The second kappa shape index (κ2) is 8.16. The van der Waals surface area contributed by atoms with Crippen molar-refractivity contribution in [3.63, 3.8) is 0 Å². The van der Waals surface area contributed by atoms with Crippen LogP contribution in [0.4, 0.5) is 10.1 Å². The Kier molecular flexibility index (Phi) is 6.86. The molecule has 3 N–H and O–H groups in total. The van der Waals surface area contributed by atoms with Gasteiger partial charge in [-0.15, -0.1) is 0 Å². The van der Waals surface area contributed by atoms with Crippen LogP contribution in [-0.4, -0.2) is 35.3 Å². The van der Waals surface area contributed by atoms with Crippen LogP contribution in [0.3, 0.4) is 0 Å². The number of nitrogens with one attached hydrogen (secondary N) is 1. The van der Waals surface area contributed by atoms with Crippen LogP contribution in [0.25, 0.3) is 0 Å². The first kappa shape index (κ1) is 17.7. The van der Waals surface area contributed by atoms with Gasteiger partial charge in [0.25, 0.3) is 0 Å². The molecule has 0 bridgehead atoms. The number of nitrogens with two attached hydrogens (primary N) is 1. The molecule has 21 heavy (non-hydrogen) atoms. The zero-order valence-corrected chi connectivity index (χ0v) is 13.0.